The smallest absolute Gasteiger partial charge is 0.299 e. The monoisotopic (exact) mass is 326 g/mol. The van der Waals surface area contributed by atoms with Crippen molar-refractivity contribution in [3.05, 3.63) is 27.9 Å². The topological polar surface area (TPSA) is 68.2 Å². The molecule has 21 heavy (non-hydrogen) atoms. The van der Waals surface area contributed by atoms with Crippen LogP contribution in [0.15, 0.2) is 27.9 Å². The maximum absolute atomic E-state index is 12.4. The van der Waals surface area contributed by atoms with Gasteiger partial charge < -0.3 is 0 Å². The highest BCUT2D eigenvalue weighted by atomic mass is 32.2. The van der Waals surface area contributed by atoms with E-state index in [4.69, 9.17) is 0 Å². The van der Waals surface area contributed by atoms with Crippen molar-refractivity contribution in [2.24, 2.45) is 0 Å². The van der Waals surface area contributed by atoms with Gasteiger partial charge in [-0.05, 0) is 38.0 Å². The lowest BCUT2D eigenvalue weighted by Gasteiger charge is -2.12. The zero-order valence-electron chi connectivity index (χ0n) is 11.8. The highest BCUT2D eigenvalue weighted by Gasteiger charge is 2.23. The van der Waals surface area contributed by atoms with E-state index in [-0.39, 0.29) is 15.8 Å². The Bertz CT molecular complexity index is 814. The first-order valence-electron chi connectivity index (χ1n) is 7.17. The Morgan fingerprint density at radius 3 is 2.71 bits per heavy atom. The molecule has 1 N–H and O–H groups in total. The zero-order valence-corrected chi connectivity index (χ0v) is 13.5. The number of fused-ring (bicyclic) bond motifs is 1. The first kappa shape index (κ1) is 14.7. The summed E-state index contributed by atoms with van der Waals surface area (Å²) in [6.45, 7) is 2.49. The summed E-state index contributed by atoms with van der Waals surface area (Å²) < 4.78 is 29.9. The van der Waals surface area contributed by atoms with Crippen LogP contribution in [0.1, 0.15) is 32.6 Å². The molecule has 1 aromatic heterocycles. The molecule has 0 bridgehead atoms. The highest BCUT2D eigenvalue weighted by molar-refractivity contribution is 7.89. The van der Waals surface area contributed by atoms with Gasteiger partial charge in [-0.15, -0.1) is 0 Å². The Morgan fingerprint density at radius 1 is 1.33 bits per heavy atom. The third-order valence-electron chi connectivity index (χ3n) is 3.94. The fraction of sp³-hybridized carbons (Fsp3) is 0.500. The van der Waals surface area contributed by atoms with Gasteiger partial charge in [-0.1, -0.05) is 24.2 Å². The van der Waals surface area contributed by atoms with Crippen LogP contribution in [0.3, 0.4) is 0 Å². The minimum Gasteiger partial charge on any atom is -0.299 e. The second kappa shape index (κ2) is 5.55. The largest absolute Gasteiger partial charge is 0.308 e. The summed E-state index contributed by atoms with van der Waals surface area (Å²) in [5.41, 5.74) is 0.798. The Balaban J connectivity index is 1.98. The molecular formula is C14H18N2O3S2. The third kappa shape index (κ3) is 2.77. The molecule has 0 aliphatic heterocycles. The summed E-state index contributed by atoms with van der Waals surface area (Å²) in [7, 11) is -3.50. The first-order valence-corrected chi connectivity index (χ1v) is 9.47. The van der Waals surface area contributed by atoms with Crippen molar-refractivity contribution in [1.82, 2.24) is 9.29 Å². The van der Waals surface area contributed by atoms with E-state index in [0.717, 1.165) is 47.2 Å². The Kier molecular flexibility index (Phi) is 3.90. The van der Waals surface area contributed by atoms with E-state index in [1.807, 2.05) is 6.92 Å². The number of aromatic nitrogens is 1. The van der Waals surface area contributed by atoms with Crippen molar-refractivity contribution in [2.75, 3.05) is 0 Å². The van der Waals surface area contributed by atoms with Crippen molar-refractivity contribution in [2.45, 2.75) is 50.1 Å². The van der Waals surface area contributed by atoms with Crippen LogP contribution in [0, 0.1) is 0 Å². The van der Waals surface area contributed by atoms with E-state index in [9.17, 15) is 13.2 Å². The minimum atomic E-state index is -3.50. The van der Waals surface area contributed by atoms with Gasteiger partial charge in [-0.3, -0.25) is 9.36 Å². The summed E-state index contributed by atoms with van der Waals surface area (Å²) in [4.78, 5) is 12.0. The average Bonchev–Trinajstić information content (AvgIpc) is 3.03. The highest BCUT2D eigenvalue weighted by Crippen LogP contribution is 2.24. The number of aryl methyl sites for hydroxylation is 1. The molecule has 3 rings (SSSR count). The lowest BCUT2D eigenvalue weighted by molar-refractivity contribution is 0.552. The molecule has 0 amide bonds. The molecule has 0 spiro atoms. The number of hydrogen-bond acceptors (Lipinski definition) is 4. The van der Waals surface area contributed by atoms with Crippen LogP contribution in [0.5, 0.6) is 0 Å². The maximum atomic E-state index is 12.4. The molecule has 1 saturated carbocycles. The van der Waals surface area contributed by atoms with Gasteiger partial charge >= 0.3 is 4.87 Å². The molecule has 0 atom stereocenters. The summed E-state index contributed by atoms with van der Waals surface area (Å²) >= 11 is 1.09. The number of rotatable bonds is 4. The molecule has 1 aliphatic rings. The van der Waals surface area contributed by atoms with Gasteiger partial charge in [0.25, 0.3) is 0 Å². The van der Waals surface area contributed by atoms with E-state index in [1.165, 1.54) is 0 Å². The predicted molar refractivity (Wildman–Crippen MR) is 84.3 cm³/mol. The molecule has 5 nitrogen and oxygen atoms in total. The summed E-state index contributed by atoms with van der Waals surface area (Å²) in [6, 6.07) is 4.95. The molecular weight excluding hydrogens is 308 g/mol. The predicted octanol–water partition coefficient (Wildman–Crippen LogP) is 2.30. The number of hydrogen-bond donors (Lipinski definition) is 1. The number of nitrogens with one attached hydrogen (secondary N) is 1. The molecule has 1 heterocycles. The van der Waals surface area contributed by atoms with Gasteiger partial charge in [-0.25, -0.2) is 13.1 Å². The van der Waals surface area contributed by atoms with Gasteiger partial charge in [0.15, 0.2) is 0 Å². The fourth-order valence-corrected chi connectivity index (χ4v) is 5.24. The molecule has 0 saturated heterocycles. The summed E-state index contributed by atoms with van der Waals surface area (Å²) in [6.07, 6.45) is 3.96. The number of benzene rings is 1. The number of sulfonamides is 1. The van der Waals surface area contributed by atoms with Crippen LogP contribution in [0.25, 0.3) is 10.2 Å². The molecule has 1 fully saturated rings. The van der Waals surface area contributed by atoms with Crippen LogP contribution < -0.4 is 9.60 Å². The van der Waals surface area contributed by atoms with Crippen molar-refractivity contribution in [3.63, 3.8) is 0 Å². The number of nitrogens with zero attached hydrogens (tertiary/aromatic N) is 1. The van der Waals surface area contributed by atoms with Crippen LogP contribution in [0.2, 0.25) is 0 Å². The standard InChI is InChI=1S/C14H18N2O3S2/c1-2-16-12-8-7-11(9-13(12)20-14(16)17)21(18,19)15-10-5-3-4-6-10/h7-10,15H,2-6H2,1H3. The number of thiazole rings is 1. The lowest BCUT2D eigenvalue weighted by Crippen LogP contribution is -2.32. The van der Waals surface area contributed by atoms with Gasteiger partial charge in [-0.2, -0.15) is 0 Å². The maximum Gasteiger partial charge on any atom is 0.308 e. The van der Waals surface area contributed by atoms with Crippen LogP contribution in [0.4, 0.5) is 0 Å². The zero-order chi connectivity index (χ0) is 15.0. The first-order chi connectivity index (χ1) is 10.0. The Hall–Kier alpha value is -1.18. The van der Waals surface area contributed by atoms with E-state index in [1.54, 1.807) is 22.8 Å². The van der Waals surface area contributed by atoms with Gasteiger partial charge in [0.05, 0.1) is 15.1 Å². The summed E-state index contributed by atoms with van der Waals surface area (Å²) in [5, 5.41) is 0. The molecule has 1 aliphatic carbocycles. The van der Waals surface area contributed by atoms with Crippen molar-refractivity contribution < 1.29 is 8.42 Å². The SMILES string of the molecule is CCn1c(=O)sc2cc(S(=O)(=O)NC3CCCC3)ccc21. The van der Waals surface area contributed by atoms with Gasteiger partial charge in [0.2, 0.25) is 10.0 Å². The van der Waals surface area contributed by atoms with Crippen molar-refractivity contribution in [1.29, 1.82) is 0 Å². The van der Waals surface area contributed by atoms with Gasteiger partial charge in [0.1, 0.15) is 0 Å². The average molecular weight is 326 g/mol. The van der Waals surface area contributed by atoms with E-state index in [0.29, 0.717) is 6.54 Å². The Morgan fingerprint density at radius 2 is 2.05 bits per heavy atom. The molecule has 0 unspecified atom stereocenters. The van der Waals surface area contributed by atoms with Crippen LogP contribution in [-0.4, -0.2) is 19.0 Å². The van der Waals surface area contributed by atoms with Crippen LogP contribution >= 0.6 is 11.3 Å². The fourth-order valence-electron chi connectivity index (χ4n) is 2.84. The van der Waals surface area contributed by atoms with E-state index < -0.39 is 10.0 Å². The quantitative estimate of drug-likeness (QED) is 0.937. The van der Waals surface area contributed by atoms with E-state index in [2.05, 4.69) is 4.72 Å². The second-order valence-electron chi connectivity index (χ2n) is 5.34. The molecule has 1 aromatic carbocycles. The third-order valence-corrected chi connectivity index (χ3v) is 6.40. The molecule has 114 valence electrons. The van der Waals surface area contributed by atoms with Gasteiger partial charge in [0, 0.05) is 12.6 Å². The Labute approximate surface area is 127 Å². The second-order valence-corrected chi connectivity index (χ2v) is 8.05. The molecule has 7 heteroatoms. The van der Waals surface area contributed by atoms with Crippen molar-refractivity contribution >= 4 is 31.6 Å². The molecule has 0 radical (unpaired) electrons. The normalized spacial score (nSPS) is 16.8. The summed E-state index contributed by atoms with van der Waals surface area (Å²) in [5.74, 6) is 0. The van der Waals surface area contributed by atoms with Crippen molar-refractivity contribution in [3.8, 4) is 0 Å². The van der Waals surface area contributed by atoms with E-state index >= 15 is 0 Å². The van der Waals surface area contributed by atoms with Crippen LogP contribution in [-0.2, 0) is 16.6 Å². The minimum absolute atomic E-state index is 0.0460. The molecule has 2 aromatic rings. The lowest BCUT2D eigenvalue weighted by atomic mass is 10.3.